The topological polar surface area (TPSA) is 63.3 Å². The number of carboxylic acids is 1. The van der Waals surface area contributed by atoms with Gasteiger partial charge in [-0.05, 0) is 0 Å². The van der Waals surface area contributed by atoms with Crippen LogP contribution in [0.1, 0.15) is 0 Å². The Balaban J connectivity index is 3.34. The van der Waals surface area contributed by atoms with E-state index in [1.807, 2.05) is 0 Å². The molecule has 0 aliphatic rings. The second-order valence-corrected chi connectivity index (χ2v) is 1.49. The van der Waals surface area contributed by atoms with Gasteiger partial charge in [0.05, 0.1) is 0 Å². The summed E-state index contributed by atoms with van der Waals surface area (Å²) in [5, 5.41) is 8.01. The van der Waals surface area contributed by atoms with Crippen LogP contribution in [0, 0.1) is 0 Å². The molecule has 3 nitrogen and oxygen atoms in total. The SMILES string of the molecule is N[14C@H]([14CH2]S)[14C](=O)O. The van der Waals surface area contributed by atoms with E-state index < -0.39 is 12.0 Å². The van der Waals surface area contributed by atoms with E-state index in [9.17, 15) is 4.79 Å². The molecule has 0 aromatic carbocycles. The molecule has 0 fully saturated rings. The molecule has 4 heteroatoms. The number of hydrogen-bond acceptors (Lipinski definition) is 3. The summed E-state index contributed by atoms with van der Waals surface area (Å²) in [6.45, 7) is 0. The Kier molecular flexibility index (Phi) is 2.78. The minimum Gasteiger partial charge on any atom is -0.480 e. The molecule has 0 amide bonds. The van der Waals surface area contributed by atoms with Crippen LogP contribution in [0.2, 0.25) is 0 Å². The summed E-state index contributed by atoms with van der Waals surface area (Å²) in [6.07, 6.45) is 0. The van der Waals surface area contributed by atoms with Gasteiger partial charge in [0.25, 0.3) is 0 Å². The first-order chi connectivity index (χ1) is 3.18. The van der Waals surface area contributed by atoms with Crippen molar-refractivity contribution in [3.8, 4) is 0 Å². The summed E-state index contributed by atoms with van der Waals surface area (Å²) in [5.74, 6) is -0.815. The van der Waals surface area contributed by atoms with Crippen molar-refractivity contribution in [2.24, 2.45) is 5.73 Å². The van der Waals surface area contributed by atoms with Gasteiger partial charge in [-0.15, -0.1) is 0 Å². The van der Waals surface area contributed by atoms with E-state index >= 15 is 0 Å². The van der Waals surface area contributed by atoms with Crippen LogP contribution in [0.25, 0.3) is 0 Å². The average molecular weight is 127 g/mol. The highest BCUT2D eigenvalue weighted by molar-refractivity contribution is 7.80. The normalized spacial score (nSPS) is 13.4. The highest BCUT2D eigenvalue weighted by Crippen LogP contribution is 1.80. The van der Waals surface area contributed by atoms with Crippen molar-refractivity contribution < 1.29 is 9.90 Å². The molecular weight excluding hydrogens is 120 g/mol. The third-order valence-electron chi connectivity index (χ3n) is 0.514. The smallest absolute Gasteiger partial charge is 0.321 e. The Morgan fingerprint density at radius 3 is 2.43 bits per heavy atom. The molecule has 0 rings (SSSR count). The van der Waals surface area contributed by atoms with Crippen molar-refractivity contribution in [1.29, 1.82) is 0 Å². The summed E-state index contributed by atoms with van der Waals surface area (Å²) in [5.41, 5.74) is 4.94. The van der Waals surface area contributed by atoms with E-state index in [4.69, 9.17) is 10.8 Å². The maximum absolute atomic E-state index is 9.76. The monoisotopic (exact) mass is 127 g/mol. The fourth-order valence-corrected chi connectivity index (χ4v) is 0.234. The lowest BCUT2D eigenvalue weighted by Gasteiger charge is -1.96. The van der Waals surface area contributed by atoms with Crippen molar-refractivity contribution in [2.45, 2.75) is 6.04 Å². The van der Waals surface area contributed by atoms with Gasteiger partial charge in [-0.1, -0.05) is 0 Å². The molecule has 0 heterocycles. The molecule has 0 saturated carbocycles. The zero-order valence-corrected chi connectivity index (χ0v) is 4.56. The molecule has 0 saturated heterocycles. The Morgan fingerprint density at radius 2 is 2.43 bits per heavy atom. The zero-order chi connectivity index (χ0) is 5.86. The largest absolute Gasteiger partial charge is 0.480 e. The molecule has 0 aliphatic carbocycles. The molecule has 0 aliphatic heterocycles. The standard InChI is InChI=1S/C3H7NO2S/c4-2(1-7)3(5)6/h2,7H,1,4H2,(H,5,6)/t2-/m1/s1/i1+2,2+2,3+2. The molecule has 42 valence electrons. The van der Waals surface area contributed by atoms with Crippen molar-refractivity contribution in [1.82, 2.24) is 0 Å². The van der Waals surface area contributed by atoms with Gasteiger partial charge >= 0.3 is 5.97 Å². The number of aliphatic carboxylic acids is 1. The van der Waals surface area contributed by atoms with E-state index in [2.05, 4.69) is 12.6 Å². The Bertz CT molecular complexity index is 75.3. The highest BCUT2D eigenvalue weighted by atomic mass is 32.1. The maximum Gasteiger partial charge on any atom is 0.321 e. The molecular formula is C3H7NO2S. The summed E-state index contributed by atoms with van der Waals surface area (Å²) in [7, 11) is 0. The van der Waals surface area contributed by atoms with Gasteiger partial charge in [0.1, 0.15) is 6.04 Å². The van der Waals surface area contributed by atoms with Crippen LogP contribution >= 0.6 is 12.6 Å². The molecule has 0 aromatic rings. The first-order valence-corrected chi connectivity index (χ1v) is 2.41. The molecule has 0 bridgehead atoms. The minimum absolute atomic E-state index is 0.190. The lowest BCUT2D eigenvalue weighted by atomic mass is 12.2. The molecule has 0 radical (unpaired) electrons. The van der Waals surface area contributed by atoms with Gasteiger partial charge in [0, 0.05) is 5.75 Å². The molecule has 7 heavy (non-hydrogen) atoms. The Hall–Kier alpha value is -0.220. The number of carboxylic acid groups (broad SMARTS) is 1. The first-order valence-electron chi connectivity index (χ1n) is 1.77. The number of nitrogens with two attached hydrogens (primary N) is 1. The van der Waals surface area contributed by atoms with Crippen LogP contribution < -0.4 is 5.73 Å². The first kappa shape index (κ1) is 6.78. The fraction of sp³-hybridized carbons (Fsp3) is 0.667. The van der Waals surface area contributed by atoms with Crippen molar-refractivity contribution in [3.63, 3.8) is 0 Å². The second-order valence-electron chi connectivity index (χ2n) is 1.13. The van der Waals surface area contributed by atoms with Crippen LogP contribution in [-0.4, -0.2) is 22.9 Å². The van der Waals surface area contributed by atoms with Gasteiger partial charge in [0.2, 0.25) is 0 Å². The zero-order valence-electron chi connectivity index (χ0n) is 3.66. The Morgan fingerprint density at radius 1 is 2.00 bits per heavy atom. The van der Waals surface area contributed by atoms with Crippen molar-refractivity contribution >= 4 is 18.6 Å². The minimum atomic E-state index is -1.00. The van der Waals surface area contributed by atoms with Gasteiger partial charge in [-0.25, -0.2) is 0 Å². The van der Waals surface area contributed by atoms with E-state index in [1.165, 1.54) is 0 Å². The number of carbonyl (C=O) groups is 1. The van der Waals surface area contributed by atoms with Crippen LogP contribution in [-0.2, 0) is 4.79 Å². The van der Waals surface area contributed by atoms with Gasteiger partial charge < -0.3 is 10.8 Å². The van der Waals surface area contributed by atoms with Crippen molar-refractivity contribution in [3.05, 3.63) is 0 Å². The van der Waals surface area contributed by atoms with E-state index in [1.54, 1.807) is 0 Å². The maximum atomic E-state index is 9.76. The summed E-state index contributed by atoms with van der Waals surface area (Å²) in [4.78, 5) is 9.76. The predicted octanol–water partition coefficient (Wildman–Crippen LogP) is -0.672. The molecule has 0 aromatic heterocycles. The molecule has 0 unspecified atom stereocenters. The van der Waals surface area contributed by atoms with E-state index in [0.717, 1.165) is 0 Å². The van der Waals surface area contributed by atoms with Crippen LogP contribution in [0.15, 0.2) is 0 Å². The molecule has 1 atom stereocenters. The van der Waals surface area contributed by atoms with Gasteiger partial charge in [0.15, 0.2) is 0 Å². The predicted molar refractivity (Wildman–Crippen MR) is 29.5 cm³/mol. The van der Waals surface area contributed by atoms with Crippen molar-refractivity contribution in [2.75, 3.05) is 5.75 Å². The Labute approximate surface area is 46.9 Å². The average Bonchev–Trinajstić information content (AvgIpc) is 1.65. The highest BCUT2D eigenvalue weighted by Gasteiger charge is 2.06. The molecule has 3 N–H and O–H groups in total. The number of thiol groups is 1. The number of hydrogen-bond donors (Lipinski definition) is 3. The van der Waals surface area contributed by atoms with Crippen LogP contribution in [0.3, 0.4) is 0 Å². The molecule has 0 spiro atoms. The van der Waals surface area contributed by atoms with Crippen LogP contribution in [0.4, 0.5) is 0 Å². The van der Waals surface area contributed by atoms with Gasteiger partial charge in [-0.3, -0.25) is 4.79 Å². The van der Waals surface area contributed by atoms with Gasteiger partial charge in [-0.2, -0.15) is 12.6 Å². The lowest BCUT2D eigenvalue weighted by Crippen LogP contribution is -2.31. The van der Waals surface area contributed by atoms with E-state index in [-0.39, 0.29) is 5.75 Å². The fourth-order valence-electron chi connectivity index (χ4n) is 0.0781. The van der Waals surface area contributed by atoms with Crippen LogP contribution in [0.5, 0.6) is 0 Å². The lowest BCUT2D eigenvalue weighted by molar-refractivity contribution is -0.137. The second kappa shape index (κ2) is 2.87. The summed E-state index contributed by atoms with van der Waals surface area (Å²) >= 11 is 3.65. The van der Waals surface area contributed by atoms with E-state index in [0.29, 0.717) is 0 Å². The summed E-state index contributed by atoms with van der Waals surface area (Å²) < 4.78 is 0. The summed E-state index contributed by atoms with van der Waals surface area (Å²) in [6, 6.07) is -0.816. The third kappa shape index (κ3) is 2.47. The quantitative estimate of drug-likeness (QED) is 0.431. The number of rotatable bonds is 2. The third-order valence-corrected chi connectivity index (χ3v) is 0.907.